The van der Waals surface area contributed by atoms with E-state index < -0.39 is 41.3 Å². The molecule has 1 fully saturated rings. The van der Waals surface area contributed by atoms with Gasteiger partial charge in [-0.15, -0.1) is 0 Å². The zero-order chi connectivity index (χ0) is 23.2. The Kier molecular flexibility index (Phi) is 5.96. The van der Waals surface area contributed by atoms with Gasteiger partial charge in [-0.3, -0.25) is 0 Å². The molecule has 1 aliphatic carbocycles. The van der Waals surface area contributed by atoms with E-state index in [4.69, 9.17) is 14.2 Å². The highest BCUT2D eigenvalue weighted by Gasteiger charge is 2.72. The molecule has 4 rings (SSSR count). The van der Waals surface area contributed by atoms with E-state index in [2.05, 4.69) is 0 Å². The minimum Gasteiger partial charge on any atom is -0.457 e. The van der Waals surface area contributed by atoms with Crippen molar-refractivity contribution in [1.29, 1.82) is 0 Å². The molecule has 2 aromatic carbocycles. The van der Waals surface area contributed by atoms with E-state index in [1.807, 2.05) is 0 Å². The lowest BCUT2D eigenvalue weighted by molar-refractivity contribution is -0.307. The van der Waals surface area contributed by atoms with Crippen LogP contribution in [-0.2, 0) is 15.3 Å². The second kappa shape index (κ2) is 7.94. The van der Waals surface area contributed by atoms with Gasteiger partial charge in [0.25, 0.3) is 5.79 Å². The van der Waals surface area contributed by atoms with Gasteiger partial charge in [-0.2, -0.15) is 22.0 Å². The Labute approximate surface area is 171 Å². The Bertz CT molecular complexity index is 941. The molecule has 1 aliphatic heterocycles. The van der Waals surface area contributed by atoms with Crippen LogP contribution in [0, 0.1) is 18.6 Å². The van der Waals surface area contributed by atoms with Crippen LogP contribution in [-0.4, -0.2) is 25.3 Å². The molecule has 170 valence electrons. The van der Waals surface area contributed by atoms with Crippen LogP contribution in [0.3, 0.4) is 0 Å². The number of halogens is 8. The summed E-state index contributed by atoms with van der Waals surface area (Å²) in [7, 11) is 0. The molecule has 0 amide bonds. The highest BCUT2D eigenvalue weighted by molar-refractivity contribution is 5.55. The summed E-state index contributed by atoms with van der Waals surface area (Å²) in [5.74, 6) is -8.89. The molecule has 1 atom stereocenters. The third kappa shape index (κ3) is 4.33. The van der Waals surface area contributed by atoms with Crippen LogP contribution in [0.2, 0.25) is 0 Å². The summed E-state index contributed by atoms with van der Waals surface area (Å²) in [5, 5.41) is 0. The number of aryl methyl sites for hydroxylation is 1. The van der Waals surface area contributed by atoms with Crippen molar-refractivity contribution in [2.45, 2.75) is 37.9 Å². The maximum absolute atomic E-state index is 14.8. The van der Waals surface area contributed by atoms with E-state index in [1.54, 1.807) is 0 Å². The Hall–Kier alpha value is -2.40. The average molecular weight is 456 g/mol. The summed E-state index contributed by atoms with van der Waals surface area (Å²) in [6, 6.07) is 5.08. The number of rotatable bonds is 2. The van der Waals surface area contributed by atoms with Crippen LogP contribution >= 0.6 is 0 Å². The summed E-state index contributed by atoms with van der Waals surface area (Å²) in [6.45, 7) is 1.49. The van der Waals surface area contributed by atoms with Crippen LogP contribution in [0.25, 0.3) is 0 Å². The largest absolute Gasteiger partial charge is 0.457 e. The fourth-order valence-electron chi connectivity index (χ4n) is 3.47. The van der Waals surface area contributed by atoms with Crippen LogP contribution in [0.4, 0.5) is 35.1 Å². The third-order valence-corrected chi connectivity index (χ3v) is 4.51. The highest BCUT2D eigenvalue weighted by atomic mass is 19.4. The lowest BCUT2D eigenvalue weighted by atomic mass is 9.99. The van der Waals surface area contributed by atoms with Crippen molar-refractivity contribution in [1.82, 2.24) is 0 Å². The molecule has 11 heteroatoms. The fraction of sp³-hybridized carbons (Fsp3) is 0.400. The van der Waals surface area contributed by atoms with Crippen LogP contribution in [0.5, 0.6) is 11.5 Å². The Morgan fingerprint density at radius 2 is 1.52 bits per heavy atom. The second-order valence-electron chi connectivity index (χ2n) is 6.96. The first kappa shape index (κ1) is 23.3. The minimum absolute atomic E-state index is 0.110. The minimum atomic E-state index is -4.00. The van der Waals surface area contributed by atoms with Gasteiger partial charge in [0.15, 0.2) is 6.17 Å². The van der Waals surface area contributed by atoms with Gasteiger partial charge in [0.2, 0.25) is 0 Å². The summed E-state index contributed by atoms with van der Waals surface area (Å²) < 4.78 is 118. The van der Waals surface area contributed by atoms with Crippen LogP contribution in [0.15, 0.2) is 30.3 Å². The van der Waals surface area contributed by atoms with Crippen molar-refractivity contribution in [3.63, 3.8) is 0 Å². The van der Waals surface area contributed by atoms with Crippen molar-refractivity contribution in [2.75, 3.05) is 13.2 Å². The molecule has 31 heavy (non-hydrogen) atoms. The molecule has 1 spiro atoms. The zero-order valence-electron chi connectivity index (χ0n) is 16.1. The van der Waals surface area contributed by atoms with Crippen molar-refractivity contribution < 1.29 is 49.3 Å². The number of hydrogen-bond donors (Lipinski definition) is 0. The molecule has 0 N–H and O–H groups in total. The van der Waals surface area contributed by atoms with Gasteiger partial charge >= 0.3 is 12.1 Å². The van der Waals surface area contributed by atoms with Crippen molar-refractivity contribution >= 4 is 0 Å². The molecule has 0 bridgehead atoms. The fourth-order valence-corrected chi connectivity index (χ4v) is 3.47. The summed E-state index contributed by atoms with van der Waals surface area (Å²) >= 11 is 0. The quantitative estimate of drug-likeness (QED) is 0.484. The maximum Gasteiger partial charge on any atom is 0.386 e. The number of hydrogen-bond acceptors (Lipinski definition) is 3. The first-order valence-corrected chi connectivity index (χ1v) is 8.91. The third-order valence-electron chi connectivity index (χ3n) is 4.51. The second-order valence-corrected chi connectivity index (χ2v) is 6.96. The Morgan fingerprint density at radius 1 is 1.00 bits per heavy atom. The van der Waals surface area contributed by atoms with Gasteiger partial charge in [-0.1, -0.05) is 6.07 Å². The Morgan fingerprint density at radius 3 is 2.03 bits per heavy atom. The van der Waals surface area contributed by atoms with Gasteiger partial charge in [0, 0.05) is 36.2 Å². The molecule has 0 radical (unpaired) electrons. The van der Waals surface area contributed by atoms with E-state index in [0.717, 1.165) is 12.1 Å². The predicted molar refractivity (Wildman–Crippen MR) is 91.7 cm³/mol. The topological polar surface area (TPSA) is 27.7 Å². The first-order chi connectivity index (χ1) is 14.3. The van der Waals surface area contributed by atoms with E-state index in [-0.39, 0.29) is 37.2 Å². The van der Waals surface area contributed by atoms with E-state index >= 15 is 0 Å². The standard InChI is InChI=1S/C18H13F5O3.C2H3F3/c1-9-2-3-13(26-12-7-10(19)6-11(20)8-12)14-15(9)18(24-4-5-25-18)17(22,23)16(14)21;1-2(3,4)5/h2-3,6-8,16H,4-5H2,1H3;1H3. The number of benzene rings is 2. The molecule has 3 nitrogen and oxygen atoms in total. The molecule has 2 aromatic rings. The SMILES string of the molecule is CC(F)(F)F.Cc1ccc(Oc2cc(F)cc(F)c2)c2c1C1(OCCO1)C(F)(F)C2F. The van der Waals surface area contributed by atoms with Crippen molar-refractivity contribution in [3.05, 3.63) is 58.7 Å². The van der Waals surface area contributed by atoms with E-state index in [9.17, 15) is 35.1 Å². The van der Waals surface area contributed by atoms with E-state index in [0.29, 0.717) is 11.6 Å². The van der Waals surface area contributed by atoms with Crippen LogP contribution in [0.1, 0.15) is 29.8 Å². The normalized spacial score (nSPS) is 20.9. The van der Waals surface area contributed by atoms with Gasteiger partial charge in [-0.25, -0.2) is 13.2 Å². The summed E-state index contributed by atoms with van der Waals surface area (Å²) in [4.78, 5) is 0. The molecule has 1 unspecified atom stereocenters. The Balaban J connectivity index is 0.000000491. The number of alkyl halides is 6. The molecule has 1 heterocycles. The zero-order valence-corrected chi connectivity index (χ0v) is 16.1. The molecule has 0 saturated carbocycles. The monoisotopic (exact) mass is 456 g/mol. The molecule has 0 aromatic heterocycles. The average Bonchev–Trinajstić information content (AvgIpc) is 3.16. The lowest BCUT2D eigenvalue weighted by Gasteiger charge is -2.30. The molecule has 1 saturated heterocycles. The summed E-state index contributed by atoms with van der Waals surface area (Å²) in [6.07, 6.45) is -6.76. The molecular formula is C20H16F8O3. The van der Waals surface area contributed by atoms with Gasteiger partial charge in [-0.05, 0) is 18.6 Å². The van der Waals surface area contributed by atoms with Gasteiger partial charge in [0.1, 0.15) is 23.1 Å². The van der Waals surface area contributed by atoms with Crippen LogP contribution < -0.4 is 4.74 Å². The number of ether oxygens (including phenoxy) is 3. The first-order valence-electron chi connectivity index (χ1n) is 8.91. The van der Waals surface area contributed by atoms with Crippen molar-refractivity contribution in [3.8, 4) is 11.5 Å². The number of fused-ring (bicyclic) bond motifs is 2. The molecular weight excluding hydrogens is 440 g/mol. The smallest absolute Gasteiger partial charge is 0.386 e. The lowest BCUT2D eigenvalue weighted by Crippen LogP contribution is -2.44. The van der Waals surface area contributed by atoms with Crippen molar-refractivity contribution in [2.24, 2.45) is 0 Å². The molecule has 2 aliphatic rings. The predicted octanol–water partition coefficient (Wildman–Crippen LogP) is 6.49. The maximum atomic E-state index is 14.8. The van der Waals surface area contributed by atoms with Gasteiger partial charge < -0.3 is 14.2 Å². The summed E-state index contributed by atoms with van der Waals surface area (Å²) in [5.41, 5.74) is -0.261. The highest BCUT2D eigenvalue weighted by Crippen LogP contribution is 2.62. The van der Waals surface area contributed by atoms with Gasteiger partial charge in [0.05, 0.1) is 13.2 Å². The van der Waals surface area contributed by atoms with E-state index in [1.165, 1.54) is 19.1 Å².